The Kier molecular flexibility index (Phi) is 5.71. The molecule has 2 atom stereocenters. The van der Waals surface area contributed by atoms with Gasteiger partial charge in [0, 0.05) is 63.8 Å². The number of amides is 1. The van der Waals surface area contributed by atoms with Crippen molar-refractivity contribution in [2.45, 2.75) is 64.6 Å². The number of aromatic nitrogens is 2. The maximum Gasteiger partial charge on any atom is 0.225 e. The molecule has 0 spiro atoms. The van der Waals surface area contributed by atoms with Crippen LogP contribution >= 0.6 is 0 Å². The van der Waals surface area contributed by atoms with E-state index in [0.29, 0.717) is 24.5 Å². The molecule has 0 radical (unpaired) electrons. The molecule has 1 aromatic rings. The average molecular weight is 387 g/mol. The van der Waals surface area contributed by atoms with Crippen molar-refractivity contribution in [1.29, 1.82) is 0 Å². The number of nitrogens with zero attached hydrogens (tertiary/aromatic N) is 6. The van der Waals surface area contributed by atoms with Crippen LogP contribution in [0.5, 0.6) is 0 Å². The van der Waals surface area contributed by atoms with Crippen molar-refractivity contribution >= 4 is 17.5 Å². The maximum atomic E-state index is 12.1. The highest BCUT2D eigenvalue weighted by molar-refractivity contribution is 5.76. The van der Waals surface area contributed by atoms with Gasteiger partial charge in [0.05, 0.1) is 18.1 Å². The van der Waals surface area contributed by atoms with E-state index in [1.807, 2.05) is 17.3 Å². The molecule has 2 bridgehead atoms. The van der Waals surface area contributed by atoms with E-state index in [4.69, 9.17) is 9.97 Å². The van der Waals surface area contributed by atoms with Crippen LogP contribution in [-0.2, 0) is 4.79 Å². The Bertz CT molecular complexity index is 656. The Hall–Kier alpha value is -1.89. The fourth-order valence-corrected chi connectivity index (χ4v) is 4.88. The van der Waals surface area contributed by atoms with E-state index in [9.17, 15) is 4.79 Å². The molecule has 4 rings (SSSR count). The SMILES string of the molecule is CCCC(=O)N1CCN(c2cnc(N3C4CCC3CN(C(C)C)C4)nc2)CC1. The summed E-state index contributed by atoms with van der Waals surface area (Å²) in [6.45, 7) is 12.2. The van der Waals surface area contributed by atoms with E-state index in [-0.39, 0.29) is 5.91 Å². The summed E-state index contributed by atoms with van der Waals surface area (Å²) in [6.07, 6.45) is 8.01. The van der Waals surface area contributed by atoms with Crippen molar-refractivity contribution in [1.82, 2.24) is 19.8 Å². The zero-order valence-electron chi connectivity index (χ0n) is 17.5. The summed E-state index contributed by atoms with van der Waals surface area (Å²) in [5.41, 5.74) is 1.07. The van der Waals surface area contributed by atoms with Gasteiger partial charge in [-0.3, -0.25) is 9.69 Å². The summed E-state index contributed by atoms with van der Waals surface area (Å²) in [6, 6.07) is 1.69. The zero-order chi connectivity index (χ0) is 19.7. The molecule has 1 aromatic heterocycles. The van der Waals surface area contributed by atoms with E-state index in [1.165, 1.54) is 12.8 Å². The minimum Gasteiger partial charge on any atom is -0.365 e. The summed E-state index contributed by atoms with van der Waals surface area (Å²) in [4.78, 5) is 30.9. The molecule has 0 saturated carbocycles. The summed E-state index contributed by atoms with van der Waals surface area (Å²) >= 11 is 0. The van der Waals surface area contributed by atoms with Crippen LogP contribution in [0.1, 0.15) is 46.5 Å². The van der Waals surface area contributed by atoms with Crippen LogP contribution in [-0.4, -0.2) is 83.1 Å². The maximum absolute atomic E-state index is 12.1. The number of hydrogen-bond donors (Lipinski definition) is 0. The van der Waals surface area contributed by atoms with E-state index in [0.717, 1.165) is 57.3 Å². The summed E-state index contributed by atoms with van der Waals surface area (Å²) < 4.78 is 0. The first-order valence-corrected chi connectivity index (χ1v) is 10.9. The lowest BCUT2D eigenvalue weighted by atomic mass is 10.1. The smallest absolute Gasteiger partial charge is 0.225 e. The quantitative estimate of drug-likeness (QED) is 0.771. The molecule has 2 unspecified atom stereocenters. The third-order valence-electron chi connectivity index (χ3n) is 6.56. The lowest BCUT2D eigenvalue weighted by Gasteiger charge is -2.43. The first kappa shape index (κ1) is 19.4. The van der Waals surface area contributed by atoms with Gasteiger partial charge < -0.3 is 14.7 Å². The Morgan fingerprint density at radius 2 is 1.68 bits per heavy atom. The van der Waals surface area contributed by atoms with Gasteiger partial charge in [-0.1, -0.05) is 6.92 Å². The van der Waals surface area contributed by atoms with Crippen LogP contribution in [0.25, 0.3) is 0 Å². The molecule has 7 heteroatoms. The fraction of sp³-hybridized carbons (Fsp3) is 0.762. The van der Waals surface area contributed by atoms with E-state index in [2.05, 4.69) is 35.5 Å². The van der Waals surface area contributed by atoms with Crippen molar-refractivity contribution in [3.05, 3.63) is 12.4 Å². The largest absolute Gasteiger partial charge is 0.365 e. The van der Waals surface area contributed by atoms with E-state index < -0.39 is 0 Å². The third-order valence-corrected chi connectivity index (χ3v) is 6.56. The molecule has 3 aliphatic rings. The lowest BCUT2D eigenvalue weighted by molar-refractivity contribution is -0.131. The van der Waals surface area contributed by atoms with Crippen LogP contribution in [0.15, 0.2) is 12.4 Å². The number of fused-ring (bicyclic) bond motifs is 2. The molecule has 7 nitrogen and oxygen atoms in total. The van der Waals surface area contributed by atoms with Crippen molar-refractivity contribution in [2.24, 2.45) is 0 Å². The number of likely N-dealkylation sites (tertiary alicyclic amines) is 1. The number of carbonyl (C=O) groups excluding carboxylic acids is 1. The minimum atomic E-state index is 0.282. The van der Waals surface area contributed by atoms with Crippen LogP contribution < -0.4 is 9.80 Å². The van der Waals surface area contributed by atoms with Crippen LogP contribution in [0, 0.1) is 0 Å². The Morgan fingerprint density at radius 3 is 2.21 bits per heavy atom. The minimum absolute atomic E-state index is 0.282. The standard InChI is InChI=1S/C21H34N6O/c1-4-5-20(28)25-10-8-24(9-11-25)19-12-22-21(23-13-19)27-17-6-7-18(27)15-26(14-17)16(2)3/h12-13,16-18H,4-11,14-15H2,1-3H3. The van der Waals surface area contributed by atoms with Crippen molar-refractivity contribution in [3.63, 3.8) is 0 Å². The second-order valence-corrected chi connectivity index (χ2v) is 8.70. The van der Waals surface area contributed by atoms with Gasteiger partial charge in [0.25, 0.3) is 0 Å². The Morgan fingerprint density at radius 1 is 1.07 bits per heavy atom. The second kappa shape index (κ2) is 8.23. The average Bonchev–Trinajstić information content (AvgIpc) is 2.97. The highest BCUT2D eigenvalue weighted by atomic mass is 16.2. The molecule has 154 valence electrons. The molecule has 3 aliphatic heterocycles. The Balaban J connectivity index is 1.37. The van der Waals surface area contributed by atoms with Gasteiger partial charge in [-0.15, -0.1) is 0 Å². The lowest BCUT2D eigenvalue weighted by Crippen LogP contribution is -2.56. The first-order valence-electron chi connectivity index (χ1n) is 10.9. The number of carbonyl (C=O) groups is 1. The second-order valence-electron chi connectivity index (χ2n) is 8.70. The molecular formula is C21H34N6O. The van der Waals surface area contributed by atoms with Crippen LogP contribution in [0.2, 0.25) is 0 Å². The third kappa shape index (κ3) is 3.81. The topological polar surface area (TPSA) is 55.8 Å². The Labute approximate surface area is 168 Å². The molecule has 1 amide bonds. The molecular weight excluding hydrogens is 352 g/mol. The summed E-state index contributed by atoms with van der Waals surface area (Å²) in [7, 11) is 0. The number of hydrogen-bond acceptors (Lipinski definition) is 6. The molecule has 0 N–H and O–H groups in total. The predicted octanol–water partition coefficient (Wildman–Crippen LogP) is 1.99. The van der Waals surface area contributed by atoms with Gasteiger partial charge in [-0.05, 0) is 33.1 Å². The first-order chi connectivity index (χ1) is 13.6. The van der Waals surface area contributed by atoms with Crippen LogP contribution in [0.3, 0.4) is 0 Å². The number of anilines is 2. The van der Waals surface area contributed by atoms with E-state index in [1.54, 1.807) is 0 Å². The van der Waals surface area contributed by atoms with Gasteiger partial charge in [-0.25, -0.2) is 9.97 Å². The fourth-order valence-electron chi connectivity index (χ4n) is 4.88. The van der Waals surface area contributed by atoms with Crippen molar-refractivity contribution < 1.29 is 4.79 Å². The number of rotatable bonds is 5. The monoisotopic (exact) mass is 386 g/mol. The molecule has 0 aromatic carbocycles. The van der Waals surface area contributed by atoms with Gasteiger partial charge in [-0.2, -0.15) is 0 Å². The summed E-state index contributed by atoms with van der Waals surface area (Å²) in [5.74, 6) is 1.17. The summed E-state index contributed by atoms with van der Waals surface area (Å²) in [5, 5.41) is 0. The molecule has 4 heterocycles. The molecule has 3 saturated heterocycles. The van der Waals surface area contributed by atoms with Gasteiger partial charge in [0.2, 0.25) is 11.9 Å². The van der Waals surface area contributed by atoms with Gasteiger partial charge >= 0.3 is 0 Å². The van der Waals surface area contributed by atoms with Crippen molar-refractivity contribution in [2.75, 3.05) is 49.1 Å². The zero-order valence-corrected chi connectivity index (χ0v) is 17.5. The van der Waals surface area contributed by atoms with Gasteiger partial charge in [0.1, 0.15) is 0 Å². The molecule has 3 fully saturated rings. The molecule has 28 heavy (non-hydrogen) atoms. The van der Waals surface area contributed by atoms with E-state index >= 15 is 0 Å². The van der Waals surface area contributed by atoms with Crippen LogP contribution in [0.4, 0.5) is 11.6 Å². The normalized spacial score (nSPS) is 25.6. The number of piperazine rings is 2. The van der Waals surface area contributed by atoms with Crippen molar-refractivity contribution in [3.8, 4) is 0 Å². The molecule has 0 aliphatic carbocycles. The highest BCUT2D eigenvalue weighted by Crippen LogP contribution is 2.34. The highest BCUT2D eigenvalue weighted by Gasteiger charge is 2.41. The predicted molar refractivity (Wildman–Crippen MR) is 112 cm³/mol. The van der Waals surface area contributed by atoms with Gasteiger partial charge in [0.15, 0.2) is 0 Å².